The van der Waals surface area contributed by atoms with Crippen LogP contribution in [0.25, 0.3) is 17.2 Å². The summed E-state index contributed by atoms with van der Waals surface area (Å²) in [5.74, 6) is -3.16. The number of carboxylic acid groups (broad SMARTS) is 1. The number of carboxylic acids is 1. The number of phenols is 1. The molecule has 238 valence electrons. The van der Waals surface area contributed by atoms with Crippen molar-refractivity contribution in [1.29, 1.82) is 0 Å². The molecule has 0 spiro atoms. The predicted molar refractivity (Wildman–Crippen MR) is 166 cm³/mol. The van der Waals surface area contributed by atoms with E-state index in [4.69, 9.17) is 17.3 Å². The van der Waals surface area contributed by atoms with E-state index in [2.05, 4.69) is 5.32 Å². The molecule has 2 aromatic carbocycles. The molecular formula is C28H22F6N2O5S3Si. The number of halogens is 6. The Balaban J connectivity index is 1.60. The standard InChI is InChI=1S/C28H22F6N2O5S3Si/c1-45-5-4-20(23(38)35-17-2-3-19(25(40)41)21(37)10-17)36-24(39)22(44-26(36)42)11-18-8-14(12-43-18)13-6-15(27(29,30)31)9-16(7-13)28(32,33)34/h2-3,6-12,20,37H,4-5,45H2,1H3,(H,35,38)(H,40,41)/b22-11-/t20-/m0/s1. The van der Waals surface area contributed by atoms with Gasteiger partial charge in [-0.25, -0.2) is 4.79 Å². The summed E-state index contributed by atoms with van der Waals surface area (Å²) in [5.41, 5.74) is -3.39. The van der Waals surface area contributed by atoms with E-state index in [9.17, 15) is 45.8 Å². The van der Waals surface area contributed by atoms with Crippen LogP contribution in [0.2, 0.25) is 12.6 Å². The molecule has 0 bridgehead atoms. The van der Waals surface area contributed by atoms with Gasteiger partial charge in [-0.15, -0.1) is 11.3 Å². The third-order valence-corrected chi connectivity index (χ3v) is 9.90. The summed E-state index contributed by atoms with van der Waals surface area (Å²) in [6.45, 7) is 2.01. The molecule has 4 rings (SSSR count). The number of rotatable bonds is 9. The molecule has 17 heteroatoms. The van der Waals surface area contributed by atoms with Crippen molar-refractivity contribution in [3.05, 3.63) is 74.3 Å². The number of benzene rings is 2. The first-order valence-corrected chi connectivity index (χ1v) is 17.5. The molecule has 1 aliphatic rings. The van der Waals surface area contributed by atoms with Gasteiger partial charge in [0.2, 0.25) is 5.91 Å². The first-order valence-electron chi connectivity index (χ1n) is 13.0. The van der Waals surface area contributed by atoms with Crippen LogP contribution < -0.4 is 5.32 Å². The van der Waals surface area contributed by atoms with Crippen molar-refractivity contribution >= 4 is 78.7 Å². The maximum absolute atomic E-state index is 13.5. The highest BCUT2D eigenvalue weighted by atomic mass is 32.2. The first kappa shape index (κ1) is 34.2. The summed E-state index contributed by atoms with van der Waals surface area (Å²) in [4.78, 5) is 39.6. The number of alkyl halides is 6. The molecule has 0 aliphatic carbocycles. The van der Waals surface area contributed by atoms with Crippen LogP contribution in [-0.2, 0) is 21.9 Å². The number of aromatic carboxylic acids is 1. The van der Waals surface area contributed by atoms with Crippen molar-refractivity contribution in [3.8, 4) is 16.9 Å². The van der Waals surface area contributed by atoms with Gasteiger partial charge in [-0.3, -0.25) is 14.5 Å². The molecule has 7 nitrogen and oxygen atoms in total. The van der Waals surface area contributed by atoms with Gasteiger partial charge in [0.25, 0.3) is 5.91 Å². The minimum absolute atomic E-state index is 0.0452. The molecule has 1 aliphatic heterocycles. The zero-order valence-electron chi connectivity index (χ0n) is 23.0. The molecule has 45 heavy (non-hydrogen) atoms. The van der Waals surface area contributed by atoms with E-state index in [0.29, 0.717) is 23.1 Å². The highest BCUT2D eigenvalue weighted by molar-refractivity contribution is 8.26. The summed E-state index contributed by atoms with van der Waals surface area (Å²) in [6, 6.07) is 5.73. The van der Waals surface area contributed by atoms with Crippen molar-refractivity contribution in [3.63, 3.8) is 0 Å². The van der Waals surface area contributed by atoms with Gasteiger partial charge in [-0.2, -0.15) is 26.3 Å². The number of amides is 2. The number of thiophene rings is 1. The fraction of sp³-hybridized carbons (Fsp3) is 0.214. The van der Waals surface area contributed by atoms with E-state index in [0.717, 1.165) is 40.1 Å². The average molecular weight is 705 g/mol. The van der Waals surface area contributed by atoms with Gasteiger partial charge < -0.3 is 15.5 Å². The lowest BCUT2D eigenvalue weighted by Gasteiger charge is -2.26. The number of anilines is 1. The number of hydrogen-bond donors (Lipinski definition) is 3. The van der Waals surface area contributed by atoms with E-state index in [1.165, 1.54) is 23.6 Å². The second kappa shape index (κ2) is 13.4. The number of carbonyl (C=O) groups is 3. The van der Waals surface area contributed by atoms with Crippen molar-refractivity contribution < 1.29 is 50.9 Å². The normalized spacial score (nSPS) is 15.8. The monoisotopic (exact) mass is 704 g/mol. The summed E-state index contributed by atoms with van der Waals surface area (Å²) in [6.07, 6.45) is -8.34. The van der Waals surface area contributed by atoms with Crippen LogP contribution in [0.4, 0.5) is 32.0 Å². The van der Waals surface area contributed by atoms with Gasteiger partial charge in [-0.05, 0) is 65.4 Å². The Bertz CT molecular complexity index is 1670. The van der Waals surface area contributed by atoms with Crippen LogP contribution in [0.5, 0.6) is 5.75 Å². The maximum atomic E-state index is 13.5. The maximum Gasteiger partial charge on any atom is 0.416 e. The Morgan fingerprint density at radius 3 is 2.24 bits per heavy atom. The lowest BCUT2D eigenvalue weighted by molar-refractivity contribution is -0.143. The predicted octanol–water partition coefficient (Wildman–Crippen LogP) is 7.09. The van der Waals surface area contributed by atoms with Crippen LogP contribution in [-0.4, -0.2) is 52.8 Å². The molecule has 3 aromatic rings. The molecule has 0 saturated carbocycles. The fourth-order valence-electron chi connectivity index (χ4n) is 4.37. The van der Waals surface area contributed by atoms with E-state index in [-0.39, 0.29) is 44.1 Å². The fourth-order valence-corrected chi connectivity index (χ4v) is 7.44. The quantitative estimate of drug-likeness (QED) is 0.0946. The number of thioether (sulfide) groups is 1. The molecule has 1 fully saturated rings. The zero-order chi connectivity index (χ0) is 33.3. The van der Waals surface area contributed by atoms with Gasteiger partial charge in [0.1, 0.15) is 21.7 Å². The molecule has 1 aromatic heterocycles. The minimum Gasteiger partial charge on any atom is -0.507 e. The van der Waals surface area contributed by atoms with E-state index >= 15 is 0 Å². The molecular weight excluding hydrogens is 683 g/mol. The van der Waals surface area contributed by atoms with Gasteiger partial charge in [0.15, 0.2) is 0 Å². The summed E-state index contributed by atoms with van der Waals surface area (Å²) < 4.78 is 80.1. The number of nitrogens with one attached hydrogen (secondary N) is 1. The Hall–Kier alpha value is -3.67. The Morgan fingerprint density at radius 2 is 1.69 bits per heavy atom. The summed E-state index contributed by atoms with van der Waals surface area (Å²) in [7, 11) is -0.547. The van der Waals surface area contributed by atoms with Gasteiger partial charge in [0, 0.05) is 26.2 Å². The van der Waals surface area contributed by atoms with Crippen molar-refractivity contribution in [1.82, 2.24) is 4.90 Å². The van der Waals surface area contributed by atoms with Gasteiger partial charge >= 0.3 is 18.3 Å². The lowest BCUT2D eigenvalue weighted by atomic mass is 10.0. The average Bonchev–Trinajstić information content (AvgIpc) is 3.52. The zero-order valence-corrected chi connectivity index (χ0v) is 26.8. The van der Waals surface area contributed by atoms with Crippen molar-refractivity contribution in [2.24, 2.45) is 0 Å². The van der Waals surface area contributed by atoms with Gasteiger partial charge in [-0.1, -0.05) is 36.6 Å². The lowest BCUT2D eigenvalue weighted by Crippen LogP contribution is -2.46. The number of nitrogens with zero attached hydrogens (tertiary/aromatic N) is 1. The second-order valence-electron chi connectivity index (χ2n) is 9.77. The molecule has 0 unspecified atom stereocenters. The molecule has 3 N–H and O–H groups in total. The second-order valence-corrected chi connectivity index (χ2v) is 14.1. The van der Waals surface area contributed by atoms with Crippen molar-refractivity contribution in [2.45, 2.75) is 37.4 Å². The van der Waals surface area contributed by atoms with Crippen LogP contribution in [0, 0.1) is 0 Å². The smallest absolute Gasteiger partial charge is 0.416 e. The highest BCUT2D eigenvalue weighted by Crippen LogP contribution is 2.41. The van der Waals surface area contributed by atoms with Crippen molar-refractivity contribution in [2.75, 3.05) is 5.32 Å². The number of hydrogen-bond acceptors (Lipinski definition) is 7. The summed E-state index contributed by atoms with van der Waals surface area (Å²) in [5, 5.41) is 23.0. The van der Waals surface area contributed by atoms with Crippen LogP contribution in [0.15, 0.2) is 52.7 Å². The third kappa shape index (κ3) is 7.95. The highest BCUT2D eigenvalue weighted by Gasteiger charge is 2.40. The van der Waals surface area contributed by atoms with Crippen LogP contribution >= 0.6 is 35.3 Å². The molecule has 0 radical (unpaired) electrons. The number of carbonyl (C=O) groups excluding carboxylic acids is 2. The first-order chi connectivity index (χ1) is 21.0. The summed E-state index contributed by atoms with van der Waals surface area (Å²) >= 11 is 7.29. The SMILES string of the molecule is C[SiH2]CC[C@@H](C(=O)Nc1ccc(C(=O)O)c(O)c1)N1C(=O)/C(=C/c2cc(-c3cc(C(F)(F)F)cc(C(F)(F)F)c3)cs2)SC1=S. The van der Waals surface area contributed by atoms with E-state index in [1.54, 1.807) is 0 Å². The molecule has 2 heterocycles. The Kier molecular flexibility index (Phi) is 10.2. The van der Waals surface area contributed by atoms with Crippen LogP contribution in [0.1, 0.15) is 32.8 Å². The largest absolute Gasteiger partial charge is 0.507 e. The Morgan fingerprint density at radius 1 is 1.04 bits per heavy atom. The molecule has 1 saturated heterocycles. The molecule has 1 atom stereocenters. The third-order valence-electron chi connectivity index (χ3n) is 6.58. The van der Waals surface area contributed by atoms with E-state index in [1.807, 2.05) is 6.55 Å². The minimum atomic E-state index is -5.01. The Labute approximate surface area is 267 Å². The van der Waals surface area contributed by atoms with Crippen LogP contribution in [0.3, 0.4) is 0 Å². The molecule has 2 amide bonds. The van der Waals surface area contributed by atoms with E-state index < -0.39 is 62.6 Å². The van der Waals surface area contributed by atoms with Gasteiger partial charge in [0.05, 0.1) is 16.0 Å². The number of thiocarbonyl (C=S) groups is 1. The topological polar surface area (TPSA) is 107 Å². The number of aromatic hydroxyl groups is 1.